The molecule has 6 rings (SSSR count). The molecule has 0 spiro atoms. The molecule has 0 aromatic heterocycles. The lowest BCUT2D eigenvalue weighted by molar-refractivity contribution is 0.0539. The molecule has 2 aliphatic rings. The third kappa shape index (κ3) is 4.33. The van der Waals surface area contributed by atoms with Crippen molar-refractivity contribution in [3.63, 3.8) is 0 Å². The molecule has 7 heteroatoms. The van der Waals surface area contributed by atoms with Crippen molar-refractivity contribution in [3.05, 3.63) is 113 Å². The third-order valence-corrected chi connectivity index (χ3v) is 9.02. The van der Waals surface area contributed by atoms with Gasteiger partial charge in [-0.2, -0.15) is 0 Å². The highest BCUT2D eigenvalue weighted by Gasteiger charge is 2.41. The number of sulfonamides is 1. The third-order valence-electron chi connectivity index (χ3n) is 7.57. The molecular weight excluding hydrogens is 482 g/mol. The topological polar surface area (TPSA) is 69.7 Å². The van der Waals surface area contributed by atoms with Crippen molar-refractivity contribution >= 4 is 26.7 Å². The van der Waals surface area contributed by atoms with E-state index in [1.54, 1.807) is 24.3 Å². The molecular formula is C30H29N3O3S. The smallest absolute Gasteiger partial charge is 0.253 e. The van der Waals surface area contributed by atoms with Crippen LogP contribution in [0.25, 0.3) is 10.8 Å². The number of rotatable bonds is 5. The van der Waals surface area contributed by atoms with Gasteiger partial charge in [0.05, 0.1) is 17.0 Å². The SMILES string of the molecule is Cc1ccc(C(=O)N2CCN([C@@H]3c4cccc5cccc(c45)[C@H]3NS(=O)(=O)c3ccccc3)CC2)cc1. The Hall–Kier alpha value is -3.52. The molecule has 4 aromatic rings. The zero-order valence-corrected chi connectivity index (χ0v) is 21.5. The highest BCUT2D eigenvalue weighted by molar-refractivity contribution is 7.89. The molecule has 1 amide bonds. The van der Waals surface area contributed by atoms with Gasteiger partial charge in [0, 0.05) is 31.7 Å². The van der Waals surface area contributed by atoms with Gasteiger partial charge in [0.2, 0.25) is 10.0 Å². The van der Waals surface area contributed by atoms with Crippen molar-refractivity contribution in [1.82, 2.24) is 14.5 Å². The number of nitrogens with one attached hydrogen (secondary N) is 1. The average Bonchev–Trinajstić information content (AvgIpc) is 3.23. The number of hydrogen-bond acceptors (Lipinski definition) is 4. The van der Waals surface area contributed by atoms with Crippen LogP contribution in [0.15, 0.2) is 95.9 Å². The zero-order chi connectivity index (χ0) is 25.6. The molecule has 0 bridgehead atoms. The van der Waals surface area contributed by atoms with Gasteiger partial charge in [0.1, 0.15) is 0 Å². The maximum absolute atomic E-state index is 13.4. The first-order valence-corrected chi connectivity index (χ1v) is 14.1. The summed E-state index contributed by atoms with van der Waals surface area (Å²) in [6.07, 6.45) is 0. The Bertz CT molecular complexity index is 1560. The zero-order valence-electron chi connectivity index (χ0n) is 20.7. The molecule has 6 nitrogen and oxygen atoms in total. The van der Waals surface area contributed by atoms with Crippen LogP contribution in [0.5, 0.6) is 0 Å². The molecule has 1 saturated heterocycles. The Labute approximate surface area is 217 Å². The van der Waals surface area contributed by atoms with Crippen molar-refractivity contribution in [3.8, 4) is 0 Å². The van der Waals surface area contributed by atoms with Crippen molar-refractivity contribution in [2.45, 2.75) is 23.9 Å². The fourth-order valence-corrected chi connectivity index (χ4v) is 6.95. The molecule has 1 aliphatic heterocycles. The molecule has 0 unspecified atom stereocenters. The molecule has 1 heterocycles. The fraction of sp³-hybridized carbons (Fsp3) is 0.233. The number of carbonyl (C=O) groups excluding carboxylic acids is 1. The molecule has 0 saturated carbocycles. The number of aryl methyl sites for hydroxylation is 1. The van der Waals surface area contributed by atoms with E-state index < -0.39 is 16.1 Å². The van der Waals surface area contributed by atoms with Crippen LogP contribution in [0.1, 0.15) is 39.1 Å². The molecule has 188 valence electrons. The van der Waals surface area contributed by atoms with Gasteiger partial charge in [-0.05, 0) is 53.1 Å². The second-order valence-electron chi connectivity index (χ2n) is 9.84. The van der Waals surface area contributed by atoms with Crippen LogP contribution in [0.4, 0.5) is 0 Å². The summed E-state index contributed by atoms with van der Waals surface area (Å²) >= 11 is 0. The van der Waals surface area contributed by atoms with E-state index in [1.807, 2.05) is 60.4 Å². The van der Waals surface area contributed by atoms with Gasteiger partial charge < -0.3 is 4.90 Å². The van der Waals surface area contributed by atoms with E-state index >= 15 is 0 Å². The standard InChI is InChI=1S/C30H29N3O3S/c1-21-13-15-23(16-14-21)30(34)33-19-17-32(18-20-33)29-26-12-6-8-22-7-5-11-25(27(22)26)28(29)31-37(35,36)24-9-3-2-4-10-24/h2-16,28-29,31H,17-20H2,1H3/t28-,29-/m1/s1. The van der Waals surface area contributed by atoms with Crippen LogP contribution in [0.2, 0.25) is 0 Å². The molecule has 0 radical (unpaired) electrons. The maximum atomic E-state index is 13.4. The monoisotopic (exact) mass is 511 g/mol. The summed E-state index contributed by atoms with van der Waals surface area (Å²) in [5, 5.41) is 2.23. The Kier molecular flexibility index (Phi) is 6.07. The van der Waals surface area contributed by atoms with Gasteiger partial charge in [-0.1, -0.05) is 72.3 Å². The quantitative estimate of drug-likeness (QED) is 0.422. The van der Waals surface area contributed by atoms with Crippen LogP contribution in [-0.4, -0.2) is 50.3 Å². The molecule has 4 aromatic carbocycles. The molecule has 1 N–H and O–H groups in total. The van der Waals surface area contributed by atoms with Crippen LogP contribution in [0, 0.1) is 6.92 Å². The Morgan fingerprint density at radius 3 is 2.11 bits per heavy atom. The highest BCUT2D eigenvalue weighted by atomic mass is 32.2. The lowest BCUT2D eigenvalue weighted by Gasteiger charge is -2.40. The van der Waals surface area contributed by atoms with E-state index in [4.69, 9.17) is 0 Å². The summed E-state index contributed by atoms with van der Waals surface area (Å²) in [5.74, 6) is 0.0396. The Morgan fingerprint density at radius 2 is 1.43 bits per heavy atom. The summed E-state index contributed by atoms with van der Waals surface area (Å²) in [6.45, 7) is 4.52. The van der Waals surface area contributed by atoms with Gasteiger partial charge in [0.25, 0.3) is 5.91 Å². The van der Waals surface area contributed by atoms with Crippen LogP contribution < -0.4 is 4.72 Å². The van der Waals surface area contributed by atoms with Gasteiger partial charge in [-0.25, -0.2) is 13.1 Å². The lowest BCUT2D eigenvalue weighted by atomic mass is 10.0. The number of hydrogen-bond donors (Lipinski definition) is 1. The van der Waals surface area contributed by atoms with E-state index in [9.17, 15) is 13.2 Å². The summed E-state index contributed by atoms with van der Waals surface area (Å²) in [7, 11) is -3.73. The van der Waals surface area contributed by atoms with E-state index in [0.29, 0.717) is 31.7 Å². The normalized spacial score (nSPS) is 19.9. The molecule has 2 atom stereocenters. The van der Waals surface area contributed by atoms with Gasteiger partial charge >= 0.3 is 0 Å². The minimum absolute atomic E-state index is 0.0396. The Balaban J connectivity index is 1.30. The van der Waals surface area contributed by atoms with Crippen molar-refractivity contribution in [2.24, 2.45) is 0 Å². The van der Waals surface area contributed by atoms with E-state index in [-0.39, 0.29) is 16.8 Å². The second-order valence-corrected chi connectivity index (χ2v) is 11.6. The van der Waals surface area contributed by atoms with Crippen LogP contribution >= 0.6 is 0 Å². The first-order valence-electron chi connectivity index (χ1n) is 12.6. The number of benzene rings is 4. The first kappa shape index (κ1) is 23.9. The number of carbonyl (C=O) groups is 1. The van der Waals surface area contributed by atoms with Crippen molar-refractivity contribution in [2.75, 3.05) is 26.2 Å². The van der Waals surface area contributed by atoms with Crippen molar-refractivity contribution in [1.29, 1.82) is 0 Å². The summed E-state index contributed by atoms with van der Waals surface area (Å²) in [5.41, 5.74) is 3.95. The van der Waals surface area contributed by atoms with Gasteiger partial charge in [0.15, 0.2) is 0 Å². The van der Waals surface area contributed by atoms with E-state index in [0.717, 1.165) is 27.5 Å². The first-order chi connectivity index (χ1) is 17.9. The highest BCUT2D eigenvalue weighted by Crippen LogP contribution is 2.47. The van der Waals surface area contributed by atoms with Crippen molar-refractivity contribution < 1.29 is 13.2 Å². The summed E-state index contributed by atoms with van der Waals surface area (Å²) in [4.78, 5) is 17.6. The van der Waals surface area contributed by atoms with Gasteiger partial charge in [-0.3, -0.25) is 9.69 Å². The van der Waals surface area contributed by atoms with Crippen LogP contribution in [0.3, 0.4) is 0 Å². The molecule has 1 fully saturated rings. The largest absolute Gasteiger partial charge is 0.336 e. The number of nitrogens with zero attached hydrogens (tertiary/aromatic N) is 2. The number of amides is 1. The summed E-state index contributed by atoms with van der Waals surface area (Å²) in [6, 6.07) is 28.0. The molecule has 37 heavy (non-hydrogen) atoms. The van der Waals surface area contributed by atoms with E-state index in [1.165, 1.54) is 0 Å². The fourth-order valence-electron chi connectivity index (χ4n) is 5.71. The second kappa shape index (κ2) is 9.41. The maximum Gasteiger partial charge on any atom is 0.253 e. The number of piperazine rings is 1. The minimum atomic E-state index is -3.73. The summed E-state index contributed by atoms with van der Waals surface area (Å²) < 4.78 is 29.9. The Morgan fingerprint density at radius 1 is 0.784 bits per heavy atom. The minimum Gasteiger partial charge on any atom is -0.336 e. The van der Waals surface area contributed by atoms with Crippen LogP contribution in [-0.2, 0) is 10.0 Å². The predicted octanol–water partition coefficient (Wildman–Crippen LogP) is 4.68. The van der Waals surface area contributed by atoms with Gasteiger partial charge in [-0.15, -0.1) is 0 Å². The lowest BCUT2D eigenvalue weighted by Crippen LogP contribution is -2.51. The average molecular weight is 512 g/mol. The van der Waals surface area contributed by atoms with E-state index in [2.05, 4.69) is 27.8 Å². The predicted molar refractivity (Wildman–Crippen MR) is 145 cm³/mol. The molecule has 1 aliphatic carbocycles.